The van der Waals surface area contributed by atoms with Gasteiger partial charge in [0, 0.05) is 36.3 Å². The van der Waals surface area contributed by atoms with Crippen molar-refractivity contribution in [3.63, 3.8) is 0 Å². The maximum Gasteiger partial charge on any atom is 0.228 e. The van der Waals surface area contributed by atoms with Gasteiger partial charge in [-0.2, -0.15) is 0 Å². The lowest BCUT2D eigenvalue weighted by atomic mass is 10.1. The summed E-state index contributed by atoms with van der Waals surface area (Å²) >= 11 is 0. The highest BCUT2D eigenvalue weighted by Crippen LogP contribution is 2.31. The summed E-state index contributed by atoms with van der Waals surface area (Å²) < 4.78 is 0. The highest BCUT2D eigenvalue weighted by Gasteiger charge is 2.29. The number of hydrogen-bond donors (Lipinski definition) is 2. The van der Waals surface area contributed by atoms with Crippen molar-refractivity contribution in [2.45, 2.75) is 12.8 Å². The zero-order valence-electron chi connectivity index (χ0n) is 11.3. The normalized spacial score (nSPS) is 14.1. The summed E-state index contributed by atoms with van der Waals surface area (Å²) in [6.45, 7) is 3.80. The van der Waals surface area contributed by atoms with Gasteiger partial charge in [0.15, 0.2) is 0 Å². The van der Waals surface area contributed by atoms with Crippen molar-refractivity contribution in [1.29, 1.82) is 0 Å². The number of nitrogens with one attached hydrogen (secondary N) is 2. The van der Waals surface area contributed by atoms with Crippen LogP contribution in [-0.4, -0.2) is 22.9 Å². The Morgan fingerprint density at radius 1 is 1.35 bits per heavy atom. The molecule has 0 spiro atoms. The van der Waals surface area contributed by atoms with E-state index in [0.717, 1.165) is 35.0 Å². The molecule has 1 aliphatic rings. The standard InChI is InChI=1S/C15H16N4O/c1-3-9-7-18-14(16-2)12-8-17-13(6-11(9)12)19-15(20)10-4-5-10/h3,6-8,10H,1,4-5H2,2H3,(H,16,18)(H,17,19,20). The van der Waals surface area contributed by atoms with Gasteiger partial charge in [0.05, 0.1) is 0 Å². The summed E-state index contributed by atoms with van der Waals surface area (Å²) in [5, 5.41) is 7.78. The quantitative estimate of drug-likeness (QED) is 0.894. The van der Waals surface area contributed by atoms with E-state index in [9.17, 15) is 4.79 Å². The number of fused-ring (bicyclic) bond motifs is 1. The Labute approximate surface area is 117 Å². The maximum atomic E-state index is 11.8. The molecule has 5 heteroatoms. The van der Waals surface area contributed by atoms with E-state index in [1.807, 2.05) is 13.1 Å². The van der Waals surface area contributed by atoms with Gasteiger partial charge in [0.2, 0.25) is 5.91 Å². The second kappa shape index (κ2) is 4.92. The Balaban J connectivity index is 2.04. The van der Waals surface area contributed by atoms with Crippen molar-refractivity contribution in [3.05, 3.63) is 30.6 Å². The van der Waals surface area contributed by atoms with Crippen molar-refractivity contribution < 1.29 is 4.79 Å². The SMILES string of the molecule is C=Cc1cnc(NC)c2cnc(NC(=O)C3CC3)cc12. The number of anilines is 2. The van der Waals surface area contributed by atoms with Crippen LogP contribution in [0.5, 0.6) is 0 Å². The van der Waals surface area contributed by atoms with Gasteiger partial charge in [-0.15, -0.1) is 0 Å². The monoisotopic (exact) mass is 268 g/mol. The third-order valence-electron chi connectivity index (χ3n) is 3.46. The minimum absolute atomic E-state index is 0.0555. The Morgan fingerprint density at radius 3 is 2.80 bits per heavy atom. The van der Waals surface area contributed by atoms with Crippen molar-refractivity contribution >= 4 is 34.4 Å². The molecule has 1 amide bonds. The molecule has 0 bridgehead atoms. The van der Waals surface area contributed by atoms with Crippen LogP contribution in [0.2, 0.25) is 0 Å². The molecule has 0 radical (unpaired) electrons. The second-order valence-corrected chi connectivity index (χ2v) is 4.89. The number of nitrogens with zero attached hydrogens (tertiary/aromatic N) is 2. The van der Waals surface area contributed by atoms with Gasteiger partial charge in [-0.25, -0.2) is 9.97 Å². The van der Waals surface area contributed by atoms with Gasteiger partial charge in [0.1, 0.15) is 11.6 Å². The third kappa shape index (κ3) is 2.22. The molecule has 0 aliphatic heterocycles. The maximum absolute atomic E-state index is 11.8. The lowest BCUT2D eigenvalue weighted by Gasteiger charge is -2.09. The second-order valence-electron chi connectivity index (χ2n) is 4.89. The van der Waals surface area contributed by atoms with Crippen LogP contribution in [-0.2, 0) is 4.79 Å². The topological polar surface area (TPSA) is 66.9 Å². The van der Waals surface area contributed by atoms with Gasteiger partial charge < -0.3 is 10.6 Å². The average Bonchev–Trinajstić information content (AvgIpc) is 3.30. The lowest BCUT2D eigenvalue weighted by Crippen LogP contribution is -2.14. The summed E-state index contributed by atoms with van der Waals surface area (Å²) in [4.78, 5) is 20.4. The summed E-state index contributed by atoms with van der Waals surface area (Å²) in [5.41, 5.74) is 0.920. The van der Waals surface area contributed by atoms with Crippen LogP contribution in [0.4, 0.5) is 11.6 Å². The van der Waals surface area contributed by atoms with Crippen molar-refractivity contribution in [2.75, 3.05) is 17.7 Å². The van der Waals surface area contributed by atoms with E-state index in [4.69, 9.17) is 0 Å². The largest absolute Gasteiger partial charge is 0.373 e. The fourth-order valence-electron chi connectivity index (χ4n) is 2.16. The molecule has 0 saturated heterocycles. The van der Waals surface area contributed by atoms with Crippen molar-refractivity contribution in [3.8, 4) is 0 Å². The molecule has 5 nitrogen and oxygen atoms in total. The molecule has 2 aromatic heterocycles. The molecule has 1 saturated carbocycles. The Morgan fingerprint density at radius 2 is 2.15 bits per heavy atom. The number of carbonyl (C=O) groups is 1. The molecule has 0 atom stereocenters. The van der Waals surface area contributed by atoms with Crippen LogP contribution in [0.25, 0.3) is 16.8 Å². The first-order valence-electron chi connectivity index (χ1n) is 6.62. The molecule has 0 aromatic carbocycles. The predicted octanol–water partition coefficient (Wildman–Crippen LogP) is 2.66. The number of carbonyl (C=O) groups excluding carboxylic acids is 1. The van der Waals surface area contributed by atoms with Gasteiger partial charge in [0.25, 0.3) is 0 Å². The molecule has 3 rings (SSSR count). The highest BCUT2D eigenvalue weighted by atomic mass is 16.2. The summed E-state index contributed by atoms with van der Waals surface area (Å²) in [6.07, 6.45) is 7.19. The smallest absolute Gasteiger partial charge is 0.228 e. The van der Waals surface area contributed by atoms with Gasteiger partial charge >= 0.3 is 0 Å². The number of pyridine rings is 2. The fraction of sp³-hybridized carbons (Fsp3) is 0.267. The molecule has 102 valence electrons. The van der Waals surface area contributed by atoms with Crippen molar-refractivity contribution in [2.24, 2.45) is 5.92 Å². The van der Waals surface area contributed by atoms with Gasteiger partial charge in [-0.3, -0.25) is 4.79 Å². The predicted molar refractivity (Wildman–Crippen MR) is 80.5 cm³/mol. The van der Waals surface area contributed by atoms with Crippen LogP contribution < -0.4 is 10.6 Å². The van der Waals surface area contributed by atoms with E-state index >= 15 is 0 Å². The van der Waals surface area contributed by atoms with E-state index in [1.54, 1.807) is 18.5 Å². The molecule has 1 fully saturated rings. The zero-order chi connectivity index (χ0) is 14.1. The van der Waals surface area contributed by atoms with Crippen molar-refractivity contribution in [1.82, 2.24) is 9.97 Å². The Kier molecular flexibility index (Phi) is 3.10. The molecular weight excluding hydrogens is 252 g/mol. The molecule has 2 N–H and O–H groups in total. The van der Waals surface area contributed by atoms with Crippen LogP contribution >= 0.6 is 0 Å². The van der Waals surface area contributed by atoms with Crippen LogP contribution in [0.1, 0.15) is 18.4 Å². The molecule has 20 heavy (non-hydrogen) atoms. The van der Waals surface area contributed by atoms with E-state index in [-0.39, 0.29) is 11.8 Å². The minimum Gasteiger partial charge on any atom is -0.373 e. The summed E-state index contributed by atoms with van der Waals surface area (Å²) in [7, 11) is 1.82. The van der Waals surface area contributed by atoms with Crippen LogP contribution in [0.3, 0.4) is 0 Å². The van der Waals surface area contributed by atoms with Gasteiger partial charge in [-0.1, -0.05) is 12.7 Å². The Bertz CT molecular complexity index is 692. The van der Waals surface area contributed by atoms with E-state index in [0.29, 0.717) is 5.82 Å². The number of hydrogen-bond acceptors (Lipinski definition) is 4. The first-order chi connectivity index (χ1) is 9.72. The van der Waals surface area contributed by atoms with E-state index in [2.05, 4.69) is 27.2 Å². The number of aromatic nitrogens is 2. The first-order valence-corrected chi connectivity index (χ1v) is 6.62. The average molecular weight is 268 g/mol. The zero-order valence-corrected chi connectivity index (χ0v) is 11.3. The fourth-order valence-corrected chi connectivity index (χ4v) is 2.16. The number of amides is 1. The molecular formula is C15H16N4O. The minimum atomic E-state index is 0.0555. The third-order valence-corrected chi connectivity index (χ3v) is 3.46. The Hall–Kier alpha value is -2.43. The number of rotatable bonds is 4. The summed E-state index contributed by atoms with van der Waals surface area (Å²) in [5.74, 6) is 1.56. The molecule has 0 unspecified atom stereocenters. The van der Waals surface area contributed by atoms with E-state index < -0.39 is 0 Å². The summed E-state index contributed by atoms with van der Waals surface area (Å²) in [6, 6.07) is 1.87. The highest BCUT2D eigenvalue weighted by molar-refractivity contribution is 6.00. The van der Waals surface area contributed by atoms with Crippen LogP contribution in [0.15, 0.2) is 25.0 Å². The van der Waals surface area contributed by atoms with Gasteiger partial charge in [-0.05, 0) is 24.3 Å². The molecule has 1 aliphatic carbocycles. The molecule has 2 aromatic rings. The molecule has 2 heterocycles. The van der Waals surface area contributed by atoms with Crippen LogP contribution in [0, 0.1) is 5.92 Å². The first kappa shape index (κ1) is 12.6. The lowest BCUT2D eigenvalue weighted by molar-refractivity contribution is -0.117. The van der Waals surface area contributed by atoms with E-state index in [1.165, 1.54) is 0 Å².